The Kier molecular flexibility index (Phi) is 12.2. The van der Waals surface area contributed by atoms with Gasteiger partial charge in [-0.25, -0.2) is 0 Å². The van der Waals surface area contributed by atoms with Gasteiger partial charge in [-0.1, -0.05) is 0 Å². The highest BCUT2D eigenvalue weighted by molar-refractivity contribution is 5.96. The molecule has 13 heteroatoms. The summed E-state index contributed by atoms with van der Waals surface area (Å²) in [5.41, 5.74) is 7.89. The molecule has 4 amide bonds. The first-order valence-electron chi connectivity index (χ1n) is 18.5. The van der Waals surface area contributed by atoms with Crippen LogP contribution in [0.1, 0.15) is 44.7 Å². The summed E-state index contributed by atoms with van der Waals surface area (Å²) in [6.07, 6.45) is 2.65. The Morgan fingerprint density at radius 3 is 1.22 bits per heavy atom. The van der Waals surface area contributed by atoms with Gasteiger partial charge >= 0.3 is 0 Å². The van der Waals surface area contributed by atoms with Crippen LogP contribution < -0.4 is 29.9 Å². The van der Waals surface area contributed by atoms with Crippen LogP contribution in [0.2, 0.25) is 0 Å². The van der Waals surface area contributed by atoms with Crippen molar-refractivity contribution in [1.82, 2.24) is 9.80 Å². The molecule has 0 saturated carbocycles. The van der Waals surface area contributed by atoms with Gasteiger partial charge in [0.05, 0.1) is 14.2 Å². The second kappa shape index (κ2) is 17.4. The van der Waals surface area contributed by atoms with Crippen molar-refractivity contribution in [1.29, 1.82) is 0 Å². The number of ether oxygens (including phenoxy) is 2. The molecule has 0 aromatic heterocycles. The molecule has 0 atom stereocenters. The normalized spacial score (nSPS) is 16.3. The van der Waals surface area contributed by atoms with Gasteiger partial charge in [0.25, 0.3) is 11.8 Å². The number of hydrogen-bond acceptors (Lipinski definition) is 8. The summed E-state index contributed by atoms with van der Waals surface area (Å²) >= 11 is 0. The van der Waals surface area contributed by atoms with E-state index in [4.69, 9.17) is 9.47 Å². The monoisotopic (exact) mass is 748 g/mol. The van der Waals surface area contributed by atoms with E-state index in [9.17, 15) is 19.2 Å². The largest absolute Gasteiger partial charge is 0.497 e. The maximum Gasteiger partial charge on any atom is 0.253 e. The van der Waals surface area contributed by atoms with Gasteiger partial charge in [0, 0.05) is 99.1 Å². The number of carbonyl (C=O) groups excluding carboxylic acids is 4. The lowest BCUT2D eigenvalue weighted by Gasteiger charge is -2.36. The molecule has 0 radical (unpaired) electrons. The molecule has 0 bridgehead atoms. The summed E-state index contributed by atoms with van der Waals surface area (Å²) in [5.74, 6) is 1.79. The third kappa shape index (κ3) is 9.01. The maximum atomic E-state index is 12.7. The zero-order valence-electron chi connectivity index (χ0n) is 31.3. The van der Waals surface area contributed by atoms with Crippen molar-refractivity contribution >= 4 is 46.4 Å². The van der Waals surface area contributed by atoms with E-state index in [0.29, 0.717) is 50.1 Å². The van der Waals surface area contributed by atoms with E-state index in [0.717, 1.165) is 73.3 Å². The van der Waals surface area contributed by atoms with Crippen molar-refractivity contribution in [3.63, 3.8) is 0 Å². The van der Waals surface area contributed by atoms with Gasteiger partial charge in [0.15, 0.2) is 0 Å². The number of hydrogen-bond donors (Lipinski definition) is 2. The number of carbonyl (C=O) groups is 4. The molecule has 0 unspecified atom stereocenters. The van der Waals surface area contributed by atoms with Crippen molar-refractivity contribution in [3.8, 4) is 11.5 Å². The number of benzene rings is 4. The van der Waals surface area contributed by atoms with E-state index in [-0.39, 0.29) is 29.1 Å². The van der Waals surface area contributed by atoms with E-state index in [1.807, 2.05) is 82.6 Å². The molecule has 4 aliphatic rings. The molecule has 0 spiro atoms. The van der Waals surface area contributed by atoms with E-state index >= 15 is 0 Å². The lowest BCUT2D eigenvalue weighted by molar-refractivity contribution is -0.117. The van der Waals surface area contributed by atoms with Gasteiger partial charge in [0.2, 0.25) is 11.8 Å². The Bertz CT molecular complexity index is 1860. The van der Waals surface area contributed by atoms with E-state index in [2.05, 4.69) is 32.6 Å². The average molecular weight is 749 g/mol. The number of anilines is 4. The highest BCUT2D eigenvalue weighted by Crippen LogP contribution is 2.30. The molecule has 13 nitrogen and oxygen atoms in total. The van der Waals surface area contributed by atoms with Crippen LogP contribution in [0.5, 0.6) is 11.5 Å². The second-order valence-electron chi connectivity index (χ2n) is 13.8. The zero-order chi connectivity index (χ0) is 37.6. The number of nitrogens with zero attached hydrogens (tertiary/aromatic N) is 4. The predicted molar refractivity (Wildman–Crippen MR) is 213 cm³/mol. The highest BCUT2D eigenvalue weighted by Gasteiger charge is 2.25. The number of amides is 4. The SMILES string of the molecule is COc1ccc(C(=O)N2CCN(c3ccc4c(c3)CCC(=O)N4)CC2)cc1.COc1ccc(C(=O)N2CCN(c3ccc4c(c3)CCC(=O)N4)CC2)cc1.O. The highest BCUT2D eigenvalue weighted by atomic mass is 16.5. The molecule has 0 aliphatic carbocycles. The smallest absolute Gasteiger partial charge is 0.253 e. The third-order valence-corrected chi connectivity index (χ3v) is 10.5. The molecular weight excluding hydrogens is 700 g/mol. The molecule has 55 heavy (non-hydrogen) atoms. The van der Waals surface area contributed by atoms with Gasteiger partial charge < -0.3 is 45.2 Å². The van der Waals surface area contributed by atoms with Gasteiger partial charge in [-0.3, -0.25) is 19.2 Å². The summed E-state index contributed by atoms with van der Waals surface area (Å²) in [7, 11) is 3.23. The maximum absolute atomic E-state index is 12.7. The predicted octanol–water partition coefficient (Wildman–Crippen LogP) is 4.26. The second-order valence-corrected chi connectivity index (χ2v) is 13.8. The minimum atomic E-state index is 0. The zero-order valence-corrected chi connectivity index (χ0v) is 31.3. The molecule has 4 aliphatic heterocycles. The molecule has 4 aromatic rings. The molecule has 8 rings (SSSR count). The number of fused-ring (bicyclic) bond motifs is 2. The number of piperazine rings is 2. The first-order chi connectivity index (χ1) is 26.3. The Hall–Kier alpha value is -6.08. The summed E-state index contributed by atoms with van der Waals surface area (Å²) in [6, 6.07) is 26.9. The first kappa shape index (κ1) is 38.6. The minimum Gasteiger partial charge on any atom is -0.497 e. The average Bonchev–Trinajstić information content (AvgIpc) is 3.23. The standard InChI is InChI=1S/2C21H23N3O3.H2O/c2*1-27-18-6-2-15(3-7-18)21(26)24-12-10-23(11-13-24)17-5-8-19-16(14-17)4-9-20(25)22-19;/h2*2-3,5-8,14H,4,9-13H2,1H3,(H,22,25);1H2. The molecule has 4 heterocycles. The van der Waals surface area contributed by atoms with E-state index < -0.39 is 0 Å². The summed E-state index contributed by atoms with van der Waals surface area (Å²) < 4.78 is 10.3. The summed E-state index contributed by atoms with van der Waals surface area (Å²) in [6.45, 7) is 5.97. The van der Waals surface area contributed by atoms with Crippen molar-refractivity contribution < 1.29 is 34.1 Å². The minimum absolute atomic E-state index is 0. The molecule has 2 saturated heterocycles. The van der Waals surface area contributed by atoms with Crippen LogP contribution in [0, 0.1) is 0 Å². The fourth-order valence-corrected chi connectivity index (χ4v) is 7.30. The van der Waals surface area contributed by atoms with Gasteiger partial charge in [-0.05, 0) is 109 Å². The van der Waals surface area contributed by atoms with Crippen LogP contribution in [0.15, 0.2) is 84.9 Å². The van der Waals surface area contributed by atoms with E-state index in [1.165, 1.54) is 11.1 Å². The Morgan fingerprint density at radius 2 is 0.873 bits per heavy atom. The number of methoxy groups -OCH3 is 2. The first-order valence-corrected chi connectivity index (χ1v) is 18.5. The lowest BCUT2D eigenvalue weighted by atomic mass is 10.0. The van der Waals surface area contributed by atoms with Crippen LogP contribution in [-0.2, 0) is 22.4 Å². The number of rotatable bonds is 6. The topological polar surface area (TPSA) is 155 Å². The van der Waals surface area contributed by atoms with Crippen molar-refractivity contribution in [3.05, 3.63) is 107 Å². The number of aryl methyl sites for hydroxylation is 2. The van der Waals surface area contributed by atoms with Gasteiger partial charge in [0.1, 0.15) is 11.5 Å². The van der Waals surface area contributed by atoms with Crippen LogP contribution in [-0.4, -0.2) is 105 Å². The molecule has 288 valence electrons. The Morgan fingerprint density at radius 1 is 0.509 bits per heavy atom. The van der Waals surface area contributed by atoms with Crippen molar-refractivity contribution in [2.45, 2.75) is 25.7 Å². The fourth-order valence-electron chi connectivity index (χ4n) is 7.30. The summed E-state index contributed by atoms with van der Waals surface area (Å²) in [5, 5.41) is 5.84. The Balaban J connectivity index is 0.000000184. The summed E-state index contributed by atoms with van der Waals surface area (Å²) in [4.78, 5) is 56.8. The fraction of sp³-hybridized carbons (Fsp3) is 0.333. The van der Waals surface area contributed by atoms with Gasteiger partial charge in [-0.2, -0.15) is 0 Å². The lowest BCUT2D eigenvalue weighted by Crippen LogP contribution is -2.48. The van der Waals surface area contributed by atoms with E-state index in [1.54, 1.807) is 14.2 Å². The molecule has 2 fully saturated rings. The third-order valence-electron chi connectivity index (χ3n) is 10.5. The van der Waals surface area contributed by atoms with Crippen molar-refractivity contribution in [2.24, 2.45) is 0 Å². The van der Waals surface area contributed by atoms with Gasteiger partial charge in [-0.15, -0.1) is 0 Å². The molecule has 4 aromatic carbocycles. The van der Waals surface area contributed by atoms with Crippen LogP contribution in [0.25, 0.3) is 0 Å². The van der Waals surface area contributed by atoms with Crippen LogP contribution in [0.3, 0.4) is 0 Å². The molecular formula is C42H48N6O7. The van der Waals surface area contributed by atoms with Crippen LogP contribution >= 0.6 is 0 Å². The van der Waals surface area contributed by atoms with Crippen LogP contribution in [0.4, 0.5) is 22.7 Å². The van der Waals surface area contributed by atoms with Crippen molar-refractivity contribution in [2.75, 3.05) is 87.0 Å². The Labute approximate surface area is 321 Å². The quantitative estimate of drug-likeness (QED) is 0.297. The number of nitrogens with one attached hydrogen (secondary N) is 2. The molecule has 4 N–H and O–H groups in total.